The second-order valence-electron chi connectivity index (χ2n) is 35.6. The van der Waals surface area contributed by atoms with Crippen molar-refractivity contribution in [2.45, 2.75) is 181 Å². The van der Waals surface area contributed by atoms with E-state index in [1.807, 2.05) is 164 Å². The van der Waals surface area contributed by atoms with E-state index in [1.165, 1.54) is 124 Å². The number of carbonyl (C=O) groups is 4. The molecule has 0 atom stereocenters. The van der Waals surface area contributed by atoms with Gasteiger partial charge < -0.3 is 38.1 Å². The van der Waals surface area contributed by atoms with E-state index in [0.717, 1.165) is 135 Å². The molecule has 16 aromatic rings. The van der Waals surface area contributed by atoms with Gasteiger partial charge in [-0.2, -0.15) is 0 Å². The number of rotatable bonds is 13. The third kappa shape index (κ3) is 35.0. The maximum Gasteiger partial charge on any atom is 0.155 e. The maximum absolute atomic E-state index is 10.0. The molecule has 8 heterocycles. The zero-order valence-corrected chi connectivity index (χ0v) is 90.2. The van der Waals surface area contributed by atoms with Crippen molar-refractivity contribution in [3.8, 4) is 90.3 Å². The van der Waals surface area contributed by atoms with Gasteiger partial charge in [0.2, 0.25) is 0 Å². The molecule has 4 radical (unpaired) electrons. The third-order valence-electron chi connectivity index (χ3n) is 20.0. The van der Waals surface area contributed by atoms with E-state index < -0.39 is 0 Å². The second-order valence-corrected chi connectivity index (χ2v) is 35.6. The van der Waals surface area contributed by atoms with Gasteiger partial charge in [0.05, 0.1) is 45.1 Å². The van der Waals surface area contributed by atoms with Gasteiger partial charge in [0.15, 0.2) is 45.5 Å². The average molecular weight is 2520 g/mol. The summed E-state index contributed by atoms with van der Waals surface area (Å²) in [5.41, 5.74) is 29.2. The Balaban J connectivity index is 0.000000288. The largest absolute Gasteiger partial charge is 0.512 e. The third-order valence-corrected chi connectivity index (χ3v) is 20.0. The number of ketones is 4. The van der Waals surface area contributed by atoms with Gasteiger partial charge >= 0.3 is 0 Å². The monoisotopic (exact) mass is 2520 g/mol. The number of hydrogen-bond acceptors (Lipinski definition) is 16. The fourth-order valence-corrected chi connectivity index (χ4v) is 13.8. The van der Waals surface area contributed by atoms with Crippen molar-refractivity contribution in [2.24, 2.45) is 0 Å². The van der Waals surface area contributed by atoms with Crippen LogP contribution < -0.4 is 0 Å². The molecular weight excluding hydrogens is 2400 g/mol. The summed E-state index contributed by atoms with van der Waals surface area (Å²) >= 11 is 0. The molecule has 710 valence electrons. The molecule has 135 heavy (non-hydrogen) atoms. The Bertz CT molecular complexity index is 6560. The molecule has 0 bridgehead atoms. The summed E-state index contributed by atoms with van der Waals surface area (Å²) in [5, 5.41) is 33.5. The van der Waals surface area contributed by atoms with Crippen molar-refractivity contribution in [3.05, 3.63) is 359 Å². The van der Waals surface area contributed by atoms with Crippen molar-refractivity contribution >= 4 is 67.5 Å². The van der Waals surface area contributed by atoms with Crippen LogP contribution in [0, 0.1) is 52.0 Å². The number of aryl methyl sites for hydroxylation is 4. The molecule has 0 fully saturated rings. The van der Waals surface area contributed by atoms with Crippen molar-refractivity contribution in [3.63, 3.8) is 0 Å². The normalized spacial score (nSPS) is 11.3. The van der Waals surface area contributed by atoms with Gasteiger partial charge in [0.1, 0.15) is 23.0 Å². The van der Waals surface area contributed by atoms with Gasteiger partial charge in [-0.25, -0.2) is 0 Å². The summed E-state index contributed by atoms with van der Waals surface area (Å²) in [6, 6.07) is 94.8. The van der Waals surface area contributed by atoms with E-state index in [2.05, 4.69) is 207 Å². The minimum absolute atomic E-state index is 0. The Morgan fingerprint density at radius 1 is 0.311 bits per heavy atom. The fraction of sp³-hybridized carbons (Fsp3) is 0.235. The number of benzene rings is 8. The van der Waals surface area contributed by atoms with Crippen LogP contribution in [0.4, 0.5) is 0 Å². The zero-order valence-electron chi connectivity index (χ0n) is 80.7. The van der Waals surface area contributed by atoms with Crippen LogP contribution in [-0.4, -0.2) is 63.5 Å². The van der Waals surface area contributed by atoms with Crippen LogP contribution in [0.5, 0.6) is 0 Å². The number of aliphatic hydroxyl groups excluding tert-OH is 4. The van der Waals surface area contributed by atoms with Gasteiger partial charge in [0.25, 0.3) is 0 Å². The minimum atomic E-state index is -0.125. The molecule has 0 aliphatic heterocycles. The molecule has 16 rings (SSSR count). The molecule has 8 aromatic carbocycles. The average Bonchev–Trinajstić information content (AvgIpc) is 1.62. The summed E-state index contributed by atoms with van der Waals surface area (Å²) in [6.45, 7) is 44.5. The SMILES string of the molecule is CC(=O)C=C(C)O.CC(=O)C=C(C)O.CC(=O)C=C(C)O.CC(=O)C=C(C)O.CC(C)(C)c1cc(-c2cc3nc(-c4[c-]cccc4)ccc3o2)cc(C(C)(C)C)c1.CC(C)c1ccc(-c2cc3nc(-c4[c-]cccc4)ccc3o2)cc1.Cc1cc(C(C)(C)C)cc(C)c1-c1cc2nc(-c3[c-]cccc3)ccc2o1.Cc1cc(C)cc(-c2cc3nc(-c4[c-]cccc4)ccc3o2)c1.[Ir].[Ir].[Ir].[Ir]. The number of furan rings is 4. The number of fused-ring (bicyclic) bond motifs is 4. The number of nitrogens with zero attached hydrogens (tertiary/aromatic N) is 4. The summed E-state index contributed by atoms with van der Waals surface area (Å²) in [5.74, 6) is 3.72. The summed E-state index contributed by atoms with van der Waals surface area (Å²) in [4.78, 5) is 59.1. The van der Waals surface area contributed by atoms with E-state index in [1.54, 1.807) is 0 Å². The Morgan fingerprint density at radius 2 is 0.570 bits per heavy atom. The first-order chi connectivity index (χ1) is 61.8. The van der Waals surface area contributed by atoms with E-state index in [-0.39, 0.29) is 143 Å². The van der Waals surface area contributed by atoms with E-state index in [9.17, 15) is 19.2 Å². The number of aliphatic hydroxyl groups is 4. The maximum atomic E-state index is 10.0. The smallest absolute Gasteiger partial charge is 0.155 e. The summed E-state index contributed by atoms with van der Waals surface area (Å²) in [6.07, 6.45) is 4.67. The predicted molar refractivity (Wildman–Crippen MR) is 532 cm³/mol. The van der Waals surface area contributed by atoms with Crippen LogP contribution in [0.15, 0.2) is 308 Å². The molecule has 8 aromatic heterocycles. The van der Waals surface area contributed by atoms with Gasteiger partial charge in [0, 0.05) is 151 Å². The predicted octanol–water partition coefficient (Wildman–Crippen LogP) is 30.2. The number of pyridine rings is 4. The standard InChI is InChI=1S/C27H28NO.C25H24NO.C22H18NO.C21H16NO.4C5H8O2.4Ir/c1-26(2,3)20-14-19(15-21(16-20)27(4,5)6)25-17-23-24(29-25)13-12-22(28-23)18-10-8-7-9-11-18;1-16-13-19(25(3,4)5)14-17(2)24(16)23-15-21-22(27-23)12-11-20(26-21)18-9-7-6-8-10-18;1-15(2)16-8-10-18(11-9-16)22-14-20-21(24-22)13-12-19(23-20)17-6-4-3-5-7-17;1-14-10-15(2)12-17(11-14)21-13-19-20(23-21)9-8-18(22-19)16-6-4-3-5-7-16;4*1-4(6)3-5(2)7;;;;/h7-10,12-17H,1-6H3;6-9,11-15H,1-5H3;3-6,8-15H,1-2H3;3-6,8-13H,1-2H3;4*3,6H,1-2H3;;;;/q4*-1;;;;;;;;. The van der Waals surface area contributed by atoms with Crippen LogP contribution in [0.2, 0.25) is 0 Å². The van der Waals surface area contributed by atoms with Crippen LogP contribution in [0.3, 0.4) is 0 Å². The molecule has 16 nitrogen and oxygen atoms in total. The molecule has 0 amide bonds. The zero-order chi connectivity index (χ0) is 95.8. The minimum Gasteiger partial charge on any atom is -0.512 e. The molecule has 20 heteroatoms. The number of hydrogen-bond donors (Lipinski definition) is 4. The molecule has 4 N–H and O–H groups in total. The number of carbonyl (C=O) groups excluding carboxylic acids is 4. The fourth-order valence-electron chi connectivity index (χ4n) is 13.8. The summed E-state index contributed by atoms with van der Waals surface area (Å²) in [7, 11) is 0. The van der Waals surface area contributed by atoms with Crippen LogP contribution in [0.25, 0.3) is 135 Å². The van der Waals surface area contributed by atoms with Crippen molar-refractivity contribution in [1.29, 1.82) is 0 Å². The quantitative estimate of drug-likeness (QED) is 0.0475. The molecule has 0 aliphatic carbocycles. The van der Waals surface area contributed by atoms with E-state index >= 15 is 0 Å². The topological polar surface area (TPSA) is 253 Å². The first kappa shape index (κ1) is 113. The van der Waals surface area contributed by atoms with E-state index in [0.29, 0.717) is 5.92 Å². The first-order valence-electron chi connectivity index (χ1n) is 43.3. The van der Waals surface area contributed by atoms with Crippen molar-refractivity contribution in [2.75, 3.05) is 0 Å². The molecular formula is C115H118Ir4N4O12-4. The van der Waals surface area contributed by atoms with Crippen molar-refractivity contribution in [1.82, 2.24) is 19.9 Å². The van der Waals surface area contributed by atoms with Crippen LogP contribution >= 0.6 is 0 Å². The Labute approximate surface area is 848 Å². The number of allylic oxidation sites excluding steroid dienone is 8. The van der Waals surface area contributed by atoms with E-state index in [4.69, 9.17) is 58.0 Å². The Morgan fingerprint density at radius 3 is 0.815 bits per heavy atom. The first-order valence-corrected chi connectivity index (χ1v) is 43.3. The van der Waals surface area contributed by atoms with Gasteiger partial charge in [-0.1, -0.05) is 160 Å². The van der Waals surface area contributed by atoms with Crippen molar-refractivity contribution < 1.29 is 138 Å². The molecule has 0 unspecified atom stereocenters. The van der Waals surface area contributed by atoms with Gasteiger partial charge in [-0.05, 0) is 210 Å². The molecule has 0 saturated heterocycles. The van der Waals surface area contributed by atoms with Gasteiger partial charge in [-0.15, -0.1) is 144 Å². The van der Waals surface area contributed by atoms with Gasteiger partial charge in [-0.3, -0.25) is 39.1 Å². The Kier molecular flexibility index (Phi) is 43.8. The second kappa shape index (κ2) is 52.2. The molecule has 0 saturated carbocycles. The summed E-state index contributed by atoms with van der Waals surface area (Å²) < 4.78 is 24.3. The van der Waals surface area contributed by atoms with Crippen LogP contribution in [-0.2, 0) is 116 Å². The Hall–Kier alpha value is -12.0. The number of aromatic nitrogens is 4. The van der Waals surface area contributed by atoms with Crippen LogP contribution in [0.1, 0.15) is 182 Å². The molecule has 0 aliphatic rings. The molecule has 0 spiro atoms.